The van der Waals surface area contributed by atoms with Gasteiger partial charge in [0, 0.05) is 10.9 Å². The highest BCUT2D eigenvalue weighted by atomic mass is 16.5. The number of methoxy groups -OCH3 is 1. The number of nitrogens with one attached hydrogen (secondary N) is 1. The fraction of sp³-hybridized carbons (Fsp3) is 0.0417. The number of hydrogen-bond acceptors (Lipinski definition) is 4. The van der Waals surface area contributed by atoms with E-state index in [4.69, 9.17) is 4.74 Å². The van der Waals surface area contributed by atoms with Gasteiger partial charge in [0.1, 0.15) is 11.4 Å². The number of pyridine rings is 1. The van der Waals surface area contributed by atoms with E-state index in [1.807, 2.05) is 48.5 Å². The molecule has 2 heterocycles. The zero-order chi connectivity index (χ0) is 21.5. The number of aromatic amines is 1. The van der Waals surface area contributed by atoms with Gasteiger partial charge in [0.15, 0.2) is 0 Å². The van der Waals surface area contributed by atoms with Crippen LogP contribution in [-0.4, -0.2) is 33.0 Å². The Kier molecular flexibility index (Phi) is 4.29. The van der Waals surface area contributed by atoms with E-state index in [1.54, 1.807) is 19.2 Å². The van der Waals surface area contributed by atoms with Crippen molar-refractivity contribution in [3.8, 4) is 34.0 Å². The lowest BCUT2D eigenvalue weighted by atomic mass is 10.00. The highest BCUT2D eigenvalue weighted by Gasteiger charge is 2.24. The average Bonchev–Trinajstić information content (AvgIpc) is 3.16. The highest BCUT2D eigenvalue weighted by Crippen LogP contribution is 2.35. The Morgan fingerprint density at radius 1 is 1.03 bits per heavy atom. The van der Waals surface area contributed by atoms with Gasteiger partial charge in [-0.2, -0.15) is 9.78 Å². The number of benzene rings is 3. The van der Waals surface area contributed by atoms with E-state index < -0.39 is 5.97 Å². The molecule has 0 saturated heterocycles. The first-order chi connectivity index (χ1) is 15.1. The van der Waals surface area contributed by atoms with Crippen LogP contribution >= 0.6 is 0 Å². The summed E-state index contributed by atoms with van der Waals surface area (Å²) in [5.41, 5.74) is 3.43. The third-order valence-corrected chi connectivity index (χ3v) is 5.25. The number of aromatic nitrogens is 3. The Balaban J connectivity index is 1.83. The predicted octanol–water partition coefficient (Wildman–Crippen LogP) is 4.19. The highest BCUT2D eigenvalue weighted by molar-refractivity contribution is 5.99. The molecule has 152 valence electrons. The number of rotatable bonds is 4. The Morgan fingerprint density at radius 3 is 2.55 bits per heavy atom. The lowest BCUT2D eigenvalue weighted by Gasteiger charge is -2.11. The van der Waals surface area contributed by atoms with E-state index >= 15 is 0 Å². The molecule has 7 nitrogen and oxygen atoms in total. The van der Waals surface area contributed by atoms with Crippen molar-refractivity contribution >= 4 is 16.9 Å². The Hall–Kier alpha value is -4.39. The van der Waals surface area contributed by atoms with Crippen LogP contribution < -0.4 is 10.3 Å². The molecule has 3 aromatic carbocycles. The number of aromatic carboxylic acids is 1. The second-order valence-corrected chi connectivity index (χ2v) is 7.07. The quantitative estimate of drug-likeness (QED) is 0.462. The van der Waals surface area contributed by atoms with Crippen LogP contribution in [0.4, 0.5) is 0 Å². The summed E-state index contributed by atoms with van der Waals surface area (Å²) < 4.78 is 6.50. The summed E-state index contributed by atoms with van der Waals surface area (Å²) in [5.74, 6) is -0.354. The molecule has 2 aliphatic rings. The molecule has 2 aliphatic heterocycles. The molecule has 0 radical (unpaired) electrons. The normalized spacial score (nSPS) is 11.1. The molecule has 0 amide bonds. The van der Waals surface area contributed by atoms with E-state index in [0.29, 0.717) is 28.4 Å². The minimum Gasteiger partial charge on any atom is -0.497 e. The topological polar surface area (TPSA) is 97.2 Å². The van der Waals surface area contributed by atoms with Crippen LogP contribution in [-0.2, 0) is 0 Å². The molecule has 0 bridgehead atoms. The van der Waals surface area contributed by atoms with Gasteiger partial charge in [0.05, 0.1) is 29.6 Å². The van der Waals surface area contributed by atoms with Crippen molar-refractivity contribution in [3.05, 3.63) is 88.7 Å². The van der Waals surface area contributed by atoms with Crippen molar-refractivity contribution in [1.29, 1.82) is 0 Å². The van der Waals surface area contributed by atoms with E-state index in [1.165, 1.54) is 16.8 Å². The van der Waals surface area contributed by atoms with Gasteiger partial charge >= 0.3 is 5.97 Å². The Bertz CT molecular complexity index is 1460. The summed E-state index contributed by atoms with van der Waals surface area (Å²) in [5, 5.41) is 14.7. The van der Waals surface area contributed by atoms with Gasteiger partial charge in [-0.15, -0.1) is 0 Å². The minimum atomic E-state index is -1.07. The zero-order valence-corrected chi connectivity index (χ0v) is 16.5. The number of carboxylic acids is 1. The number of para-hydroxylation sites is 1. The molecule has 0 aliphatic carbocycles. The van der Waals surface area contributed by atoms with Crippen LogP contribution in [0.2, 0.25) is 0 Å². The standard InChI is InChI=1S/C24H17N3O4/c1-31-17-11-9-14(10-12-17)21-20-22(18-7-2-3-8-19(18)25-21)26-27(23(20)28)16-6-4-5-15(13-16)24(29)30/h2-13,25H,1H3,(H,29,30). The molecule has 0 spiro atoms. The van der Waals surface area contributed by atoms with E-state index in [-0.39, 0.29) is 11.1 Å². The monoisotopic (exact) mass is 411 g/mol. The number of carbonyl (C=O) groups is 1. The Labute approximate surface area is 176 Å². The summed E-state index contributed by atoms with van der Waals surface area (Å²) in [4.78, 5) is 28.2. The number of fused-ring (bicyclic) bond motifs is 3. The number of nitrogens with zero attached hydrogens (tertiary/aromatic N) is 2. The van der Waals surface area contributed by atoms with Crippen LogP contribution in [0.5, 0.6) is 5.75 Å². The molecule has 7 heteroatoms. The molecule has 3 aromatic rings. The first-order valence-corrected chi connectivity index (χ1v) is 9.59. The second kappa shape index (κ2) is 7.14. The molecule has 2 N–H and O–H groups in total. The van der Waals surface area contributed by atoms with Crippen molar-refractivity contribution in [2.45, 2.75) is 0 Å². The molecule has 0 atom stereocenters. The maximum atomic E-state index is 13.5. The molecule has 0 unspecified atom stereocenters. The number of hydrogen-bond donors (Lipinski definition) is 2. The van der Waals surface area contributed by atoms with Crippen molar-refractivity contribution in [2.75, 3.05) is 7.11 Å². The second-order valence-electron chi connectivity index (χ2n) is 7.07. The molecule has 0 aromatic heterocycles. The average molecular weight is 411 g/mol. The lowest BCUT2D eigenvalue weighted by Crippen LogP contribution is -2.15. The lowest BCUT2D eigenvalue weighted by molar-refractivity contribution is 0.0697. The van der Waals surface area contributed by atoms with E-state index in [2.05, 4.69) is 10.1 Å². The molecule has 0 saturated carbocycles. The number of H-pyrrole nitrogens is 1. The van der Waals surface area contributed by atoms with E-state index in [0.717, 1.165) is 16.5 Å². The minimum absolute atomic E-state index is 0.0863. The summed E-state index contributed by atoms with van der Waals surface area (Å²) >= 11 is 0. The van der Waals surface area contributed by atoms with Gasteiger partial charge in [-0.3, -0.25) is 4.79 Å². The molecule has 0 fully saturated rings. The maximum absolute atomic E-state index is 13.5. The van der Waals surface area contributed by atoms with Gasteiger partial charge < -0.3 is 14.8 Å². The third-order valence-electron chi connectivity index (χ3n) is 5.25. The number of carboxylic acid groups (broad SMARTS) is 1. The van der Waals surface area contributed by atoms with Gasteiger partial charge in [-0.05, 0) is 54.1 Å². The molecule has 5 rings (SSSR count). The van der Waals surface area contributed by atoms with Gasteiger partial charge in [0.25, 0.3) is 5.56 Å². The molecular formula is C24H17N3O4. The fourth-order valence-electron chi connectivity index (χ4n) is 3.73. The van der Waals surface area contributed by atoms with Gasteiger partial charge in [-0.1, -0.05) is 24.3 Å². The van der Waals surface area contributed by atoms with Gasteiger partial charge in [-0.25, -0.2) is 4.79 Å². The third kappa shape index (κ3) is 3.03. The largest absolute Gasteiger partial charge is 0.497 e. The zero-order valence-electron chi connectivity index (χ0n) is 16.5. The van der Waals surface area contributed by atoms with Crippen molar-refractivity contribution in [1.82, 2.24) is 14.8 Å². The fourth-order valence-corrected chi connectivity index (χ4v) is 3.73. The SMILES string of the molecule is COc1ccc(-c2[nH]c3ccccc3c3nn(-c4cccc(C(=O)O)c4)c(=O)c2-3)cc1. The predicted molar refractivity (Wildman–Crippen MR) is 117 cm³/mol. The summed E-state index contributed by atoms with van der Waals surface area (Å²) in [6.45, 7) is 0. The van der Waals surface area contributed by atoms with Crippen LogP contribution in [0.25, 0.3) is 39.1 Å². The van der Waals surface area contributed by atoms with Crippen LogP contribution in [0.15, 0.2) is 77.6 Å². The van der Waals surface area contributed by atoms with Crippen LogP contribution in [0.1, 0.15) is 10.4 Å². The van der Waals surface area contributed by atoms with Gasteiger partial charge in [0.2, 0.25) is 0 Å². The summed E-state index contributed by atoms with van der Waals surface area (Å²) in [7, 11) is 1.60. The first-order valence-electron chi connectivity index (χ1n) is 9.59. The first kappa shape index (κ1) is 18.6. The summed E-state index contributed by atoms with van der Waals surface area (Å²) in [6, 6.07) is 21.2. The van der Waals surface area contributed by atoms with Crippen LogP contribution in [0, 0.1) is 0 Å². The Morgan fingerprint density at radius 2 is 1.81 bits per heavy atom. The molecular weight excluding hydrogens is 394 g/mol. The maximum Gasteiger partial charge on any atom is 0.335 e. The van der Waals surface area contributed by atoms with Crippen molar-refractivity contribution in [2.24, 2.45) is 0 Å². The van der Waals surface area contributed by atoms with Crippen LogP contribution in [0.3, 0.4) is 0 Å². The smallest absolute Gasteiger partial charge is 0.335 e. The van der Waals surface area contributed by atoms with Crippen molar-refractivity contribution in [3.63, 3.8) is 0 Å². The van der Waals surface area contributed by atoms with E-state index in [9.17, 15) is 14.7 Å². The molecule has 31 heavy (non-hydrogen) atoms. The van der Waals surface area contributed by atoms with Crippen molar-refractivity contribution < 1.29 is 14.6 Å². The summed E-state index contributed by atoms with van der Waals surface area (Å²) in [6.07, 6.45) is 0. The number of ether oxygens (including phenoxy) is 1.